The highest BCUT2D eigenvalue weighted by molar-refractivity contribution is 5.26. The molecule has 1 atom stereocenters. The maximum absolute atomic E-state index is 13.2. The van der Waals surface area contributed by atoms with Crippen molar-refractivity contribution < 1.29 is 4.39 Å². The van der Waals surface area contributed by atoms with Gasteiger partial charge in [0, 0.05) is 6.04 Å². The first-order valence-electron chi connectivity index (χ1n) is 4.66. The molecule has 14 heavy (non-hydrogen) atoms. The summed E-state index contributed by atoms with van der Waals surface area (Å²) in [5.41, 5.74) is 8.38. The lowest BCUT2D eigenvalue weighted by Crippen LogP contribution is -2.10. The Hall–Kier alpha value is -1.15. The largest absolute Gasteiger partial charge is 0.324 e. The quantitative estimate of drug-likeness (QED) is 0.733. The van der Waals surface area contributed by atoms with Crippen LogP contribution in [0.15, 0.2) is 30.4 Å². The summed E-state index contributed by atoms with van der Waals surface area (Å²) in [5, 5.41) is 0. The number of hydrogen-bond acceptors (Lipinski definition) is 1. The molecule has 0 aliphatic rings. The predicted octanol–water partition coefficient (Wildman–Crippen LogP) is 3.10. The summed E-state index contributed by atoms with van der Waals surface area (Å²) in [6.07, 6.45) is 0.697. The van der Waals surface area contributed by atoms with Gasteiger partial charge in [-0.05, 0) is 37.5 Å². The molecule has 0 heterocycles. The summed E-state index contributed by atoms with van der Waals surface area (Å²) < 4.78 is 13.2. The summed E-state index contributed by atoms with van der Waals surface area (Å²) >= 11 is 0. The van der Waals surface area contributed by atoms with E-state index in [4.69, 9.17) is 5.73 Å². The third-order valence-corrected chi connectivity index (χ3v) is 2.19. The van der Waals surface area contributed by atoms with Gasteiger partial charge >= 0.3 is 0 Å². The zero-order valence-electron chi connectivity index (χ0n) is 8.68. The molecule has 0 aromatic heterocycles. The van der Waals surface area contributed by atoms with Crippen LogP contribution in [-0.4, -0.2) is 0 Å². The first kappa shape index (κ1) is 10.9. The van der Waals surface area contributed by atoms with E-state index in [1.54, 1.807) is 13.0 Å². The van der Waals surface area contributed by atoms with Gasteiger partial charge < -0.3 is 5.73 Å². The van der Waals surface area contributed by atoms with Crippen molar-refractivity contribution in [2.45, 2.75) is 26.3 Å². The van der Waals surface area contributed by atoms with Gasteiger partial charge in [-0.1, -0.05) is 17.7 Å². The minimum Gasteiger partial charge on any atom is -0.324 e. The number of rotatable bonds is 3. The Morgan fingerprint density at radius 3 is 2.71 bits per heavy atom. The van der Waals surface area contributed by atoms with E-state index >= 15 is 0 Å². The van der Waals surface area contributed by atoms with Crippen LogP contribution in [0.5, 0.6) is 0 Å². The average Bonchev–Trinajstić information content (AvgIpc) is 2.08. The maximum atomic E-state index is 13.2. The number of hydrogen-bond donors (Lipinski definition) is 1. The molecule has 0 fully saturated rings. The van der Waals surface area contributed by atoms with E-state index in [0.717, 1.165) is 11.1 Å². The second kappa shape index (κ2) is 4.38. The van der Waals surface area contributed by atoms with E-state index in [0.29, 0.717) is 12.0 Å². The van der Waals surface area contributed by atoms with Crippen molar-refractivity contribution in [1.29, 1.82) is 0 Å². The van der Waals surface area contributed by atoms with Gasteiger partial charge in [0.2, 0.25) is 0 Å². The Labute approximate surface area is 84.4 Å². The van der Waals surface area contributed by atoms with E-state index in [2.05, 4.69) is 6.58 Å². The van der Waals surface area contributed by atoms with Crippen LogP contribution in [0.1, 0.15) is 30.5 Å². The molecule has 1 rings (SSSR count). The third kappa shape index (κ3) is 2.67. The third-order valence-electron chi connectivity index (χ3n) is 2.19. The molecule has 2 N–H and O–H groups in total. The summed E-state index contributed by atoms with van der Waals surface area (Å²) in [4.78, 5) is 0. The smallest absolute Gasteiger partial charge is 0.126 e. The predicted molar refractivity (Wildman–Crippen MR) is 57.5 cm³/mol. The van der Waals surface area contributed by atoms with Crippen molar-refractivity contribution in [1.82, 2.24) is 0 Å². The van der Waals surface area contributed by atoms with E-state index < -0.39 is 0 Å². The number of nitrogens with two attached hydrogens (primary N) is 1. The van der Waals surface area contributed by atoms with Crippen molar-refractivity contribution in [3.8, 4) is 0 Å². The molecule has 0 aliphatic heterocycles. The molecule has 0 radical (unpaired) electrons. The highest BCUT2D eigenvalue weighted by atomic mass is 19.1. The molecule has 76 valence electrons. The Morgan fingerprint density at radius 1 is 1.57 bits per heavy atom. The van der Waals surface area contributed by atoms with E-state index in [1.165, 1.54) is 6.07 Å². The van der Waals surface area contributed by atoms with Gasteiger partial charge in [0.05, 0.1) is 0 Å². The summed E-state index contributed by atoms with van der Waals surface area (Å²) in [6, 6.07) is 4.97. The van der Waals surface area contributed by atoms with Crippen LogP contribution in [0.25, 0.3) is 0 Å². The topological polar surface area (TPSA) is 26.0 Å². The summed E-state index contributed by atoms with van der Waals surface area (Å²) in [5.74, 6) is -0.195. The zero-order chi connectivity index (χ0) is 10.7. The van der Waals surface area contributed by atoms with Crippen LogP contribution in [0, 0.1) is 12.7 Å². The van der Waals surface area contributed by atoms with Gasteiger partial charge in [0.25, 0.3) is 0 Å². The second-order valence-corrected chi connectivity index (χ2v) is 3.78. The molecule has 0 saturated carbocycles. The van der Waals surface area contributed by atoms with Crippen molar-refractivity contribution in [2.75, 3.05) is 0 Å². The van der Waals surface area contributed by atoms with Crippen LogP contribution in [0.2, 0.25) is 0 Å². The van der Waals surface area contributed by atoms with Crippen LogP contribution >= 0.6 is 0 Å². The Bertz CT molecular complexity index is 344. The molecule has 1 aromatic rings. The monoisotopic (exact) mass is 193 g/mol. The Balaban J connectivity index is 2.85. The summed E-state index contributed by atoms with van der Waals surface area (Å²) in [7, 11) is 0. The minimum atomic E-state index is -0.195. The van der Waals surface area contributed by atoms with Gasteiger partial charge in [-0.25, -0.2) is 4.39 Å². The lowest BCUT2D eigenvalue weighted by molar-refractivity contribution is 0.609. The maximum Gasteiger partial charge on any atom is 0.126 e. The molecular weight excluding hydrogens is 177 g/mol. The van der Waals surface area contributed by atoms with Crippen LogP contribution in [0.3, 0.4) is 0 Å². The fraction of sp³-hybridized carbons (Fsp3) is 0.333. The van der Waals surface area contributed by atoms with E-state index in [1.807, 2.05) is 13.0 Å². The zero-order valence-corrected chi connectivity index (χ0v) is 8.68. The first-order chi connectivity index (χ1) is 6.50. The second-order valence-electron chi connectivity index (χ2n) is 3.78. The molecule has 1 aromatic carbocycles. The molecule has 0 amide bonds. The molecule has 2 heteroatoms. The summed E-state index contributed by atoms with van der Waals surface area (Å²) in [6.45, 7) is 7.45. The minimum absolute atomic E-state index is 0.150. The normalized spacial score (nSPS) is 12.6. The number of benzene rings is 1. The average molecular weight is 193 g/mol. The van der Waals surface area contributed by atoms with E-state index in [-0.39, 0.29) is 11.9 Å². The van der Waals surface area contributed by atoms with E-state index in [9.17, 15) is 4.39 Å². The standard InChI is InChI=1S/C12H16FN/c1-8(2)6-12(14)10-5-4-9(3)11(13)7-10/h4-5,7,12H,1,6,14H2,2-3H3/t12-/m0/s1. The highest BCUT2D eigenvalue weighted by Crippen LogP contribution is 2.19. The fourth-order valence-electron chi connectivity index (χ4n) is 1.33. The lowest BCUT2D eigenvalue weighted by Gasteiger charge is -2.12. The van der Waals surface area contributed by atoms with Gasteiger partial charge in [-0.3, -0.25) is 0 Å². The molecular formula is C12H16FN. The molecule has 0 aliphatic carbocycles. The lowest BCUT2D eigenvalue weighted by atomic mass is 10.00. The molecule has 0 bridgehead atoms. The first-order valence-corrected chi connectivity index (χ1v) is 4.66. The van der Waals surface area contributed by atoms with Crippen molar-refractivity contribution in [3.63, 3.8) is 0 Å². The van der Waals surface area contributed by atoms with Gasteiger partial charge in [0.15, 0.2) is 0 Å². The molecule has 1 nitrogen and oxygen atoms in total. The van der Waals surface area contributed by atoms with Gasteiger partial charge in [0.1, 0.15) is 5.82 Å². The Morgan fingerprint density at radius 2 is 2.21 bits per heavy atom. The molecule has 0 saturated heterocycles. The van der Waals surface area contributed by atoms with Crippen molar-refractivity contribution >= 4 is 0 Å². The van der Waals surface area contributed by atoms with Crippen molar-refractivity contribution in [3.05, 3.63) is 47.3 Å². The van der Waals surface area contributed by atoms with Gasteiger partial charge in [-0.15, -0.1) is 6.58 Å². The number of aryl methyl sites for hydroxylation is 1. The molecule has 0 spiro atoms. The van der Waals surface area contributed by atoms with Crippen LogP contribution in [0.4, 0.5) is 4.39 Å². The SMILES string of the molecule is C=C(C)C[C@H](N)c1ccc(C)c(F)c1. The Kier molecular flexibility index (Phi) is 3.42. The fourth-order valence-corrected chi connectivity index (χ4v) is 1.33. The van der Waals surface area contributed by atoms with Gasteiger partial charge in [-0.2, -0.15) is 0 Å². The highest BCUT2D eigenvalue weighted by Gasteiger charge is 2.07. The molecule has 0 unspecified atom stereocenters. The van der Waals surface area contributed by atoms with Crippen LogP contribution in [-0.2, 0) is 0 Å². The van der Waals surface area contributed by atoms with Crippen LogP contribution < -0.4 is 5.73 Å². The van der Waals surface area contributed by atoms with Crippen molar-refractivity contribution in [2.24, 2.45) is 5.73 Å². The number of halogens is 1.